The predicted molar refractivity (Wildman–Crippen MR) is 93.5 cm³/mol. The summed E-state index contributed by atoms with van der Waals surface area (Å²) in [5, 5.41) is 0. The summed E-state index contributed by atoms with van der Waals surface area (Å²) >= 11 is 0. The normalized spacial score (nSPS) is 11.1. The molecule has 3 aromatic rings. The van der Waals surface area contributed by atoms with E-state index in [1.54, 1.807) is 7.05 Å². The molecule has 0 saturated heterocycles. The van der Waals surface area contributed by atoms with Crippen LogP contribution in [0.1, 0.15) is 19.4 Å². The van der Waals surface area contributed by atoms with Crippen LogP contribution in [-0.4, -0.2) is 27.6 Å². The van der Waals surface area contributed by atoms with Crippen molar-refractivity contribution in [3.63, 3.8) is 0 Å². The van der Waals surface area contributed by atoms with Crippen molar-refractivity contribution >= 4 is 17.1 Å². The van der Waals surface area contributed by atoms with Crippen LogP contribution in [0.15, 0.2) is 39.9 Å². The first-order valence-electron chi connectivity index (χ1n) is 8.10. The molecule has 0 radical (unpaired) electrons. The summed E-state index contributed by atoms with van der Waals surface area (Å²) in [7, 11) is 1.65. The molecule has 2 heterocycles. The largest absolute Gasteiger partial charge is 0.359 e. The standard InChI is InChI=1S/C17H21N5O2/c1-4-21(5-2)16-18-14-13(15(23)19-17(24)20(14)3)22(16)11-12-9-7-6-8-10-12/h6-10H,4-5,11H2,1-3H3,(H,19,23,24)/p+1. The first-order valence-corrected chi connectivity index (χ1v) is 8.10. The topological polar surface area (TPSA) is 77.8 Å². The molecule has 0 unspecified atom stereocenters. The van der Waals surface area contributed by atoms with E-state index in [0.29, 0.717) is 17.7 Å². The Balaban J connectivity index is 2.30. The number of nitrogens with one attached hydrogen (secondary N) is 2. The molecule has 126 valence electrons. The quantitative estimate of drug-likeness (QED) is 0.678. The Kier molecular flexibility index (Phi) is 4.24. The van der Waals surface area contributed by atoms with Gasteiger partial charge in [0.1, 0.15) is 0 Å². The van der Waals surface area contributed by atoms with Gasteiger partial charge >= 0.3 is 11.6 Å². The number of fused-ring (bicyclic) bond motifs is 1. The van der Waals surface area contributed by atoms with Crippen molar-refractivity contribution in [2.45, 2.75) is 20.4 Å². The second kappa shape index (κ2) is 6.35. The van der Waals surface area contributed by atoms with Crippen LogP contribution >= 0.6 is 0 Å². The summed E-state index contributed by atoms with van der Waals surface area (Å²) in [6.45, 7) is 6.26. The zero-order valence-corrected chi connectivity index (χ0v) is 14.2. The van der Waals surface area contributed by atoms with E-state index >= 15 is 0 Å². The summed E-state index contributed by atoms with van der Waals surface area (Å²) in [6, 6.07) is 9.96. The van der Waals surface area contributed by atoms with Crippen molar-refractivity contribution in [2.24, 2.45) is 7.05 Å². The molecule has 1 aromatic carbocycles. The molecule has 0 saturated carbocycles. The summed E-state index contributed by atoms with van der Waals surface area (Å²) in [4.78, 5) is 32.1. The Hall–Kier alpha value is -2.83. The van der Waals surface area contributed by atoms with Gasteiger partial charge in [0, 0.05) is 7.05 Å². The lowest BCUT2D eigenvalue weighted by atomic mass is 10.2. The van der Waals surface area contributed by atoms with Gasteiger partial charge in [0.05, 0.1) is 19.6 Å². The number of rotatable bonds is 5. The maximum atomic E-state index is 12.4. The zero-order valence-electron chi connectivity index (χ0n) is 14.2. The Morgan fingerprint density at radius 2 is 1.75 bits per heavy atom. The third kappa shape index (κ3) is 2.62. The van der Waals surface area contributed by atoms with Gasteiger partial charge in [0.25, 0.3) is 5.56 Å². The van der Waals surface area contributed by atoms with Crippen molar-refractivity contribution < 1.29 is 4.57 Å². The number of hydrogen-bond donors (Lipinski definition) is 2. The van der Waals surface area contributed by atoms with Gasteiger partial charge in [0.2, 0.25) is 11.2 Å². The molecule has 0 spiro atoms. The molecule has 0 aliphatic rings. The maximum absolute atomic E-state index is 12.4. The van der Waals surface area contributed by atoms with Gasteiger partial charge in [0.15, 0.2) is 0 Å². The second-order valence-corrected chi connectivity index (χ2v) is 5.71. The lowest BCUT2D eigenvalue weighted by molar-refractivity contribution is -0.650. The molecular weight excluding hydrogens is 306 g/mol. The van der Waals surface area contributed by atoms with Gasteiger partial charge in [-0.25, -0.2) is 14.3 Å². The number of nitrogens with zero attached hydrogens (tertiary/aromatic N) is 3. The van der Waals surface area contributed by atoms with Crippen LogP contribution < -0.4 is 20.7 Å². The van der Waals surface area contributed by atoms with E-state index in [-0.39, 0.29) is 5.56 Å². The molecule has 2 N–H and O–H groups in total. The van der Waals surface area contributed by atoms with Crippen molar-refractivity contribution in [2.75, 3.05) is 18.0 Å². The third-order valence-electron chi connectivity index (χ3n) is 4.30. The molecule has 24 heavy (non-hydrogen) atoms. The minimum Gasteiger partial charge on any atom is -0.271 e. The van der Waals surface area contributed by atoms with Crippen LogP contribution in [0.3, 0.4) is 0 Å². The Bertz CT molecular complexity index is 964. The maximum Gasteiger partial charge on any atom is 0.359 e. The molecule has 0 atom stereocenters. The van der Waals surface area contributed by atoms with Crippen molar-refractivity contribution in [1.29, 1.82) is 0 Å². The molecular formula is C17H22N5O2+. The molecule has 0 amide bonds. The number of aromatic nitrogens is 4. The zero-order chi connectivity index (χ0) is 17.3. The number of benzene rings is 1. The molecule has 7 nitrogen and oxygen atoms in total. The van der Waals surface area contributed by atoms with Gasteiger partial charge in [-0.3, -0.25) is 19.2 Å². The fourth-order valence-electron chi connectivity index (χ4n) is 2.97. The summed E-state index contributed by atoms with van der Waals surface area (Å²) in [5.74, 6) is 0.825. The highest BCUT2D eigenvalue weighted by Crippen LogP contribution is 2.13. The molecule has 3 rings (SSSR count). The van der Waals surface area contributed by atoms with E-state index in [1.165, 1.54) is 4.57 Å². The smallest absolute Gasteiger partial charge is 0.271 e. The number of hydrogen-bond acceptors (Lipinski definition) is 3. The molecule has 7 heteroatoms. The minimum absolute atomic E-state index is 0.376. The molecule has 0 fully saturated rings. The summed E-state index contributed by atoms with van der Waals surface area (Å²) in [5.41, 5.74) is 1.29. The van der Waals surface area contributed by atoms with Crippen molar-refractivity contribution in [3.05, 3.63) is 56.7 Å². The minimum atomic E-state index is -0.424. The summed E-state index contributed by atoms with van der Waals surface area (Å²) < 4.78 is 3.38. The van der Waals surface area contributed by atoms with E-state index in [2.05, 4.69) is 28.7 Å². The van der Waals surface area contributed by atoms with Crippen molar-refractivity contribution in [3.8, 4) is 0 Å². The fraction of sp³-hybridized carbons (Fsp3) is 0.353. The van der Waals surface area contributed by atoms with Crippen LogP contribution in [0.25, 0.3) is 11.2 Å². The average Bonchev–Trinajstić information content (AvgIpc) is 2.95. The van der Waals surface area contributed by atoms with Crippen LogP contribution in [0.5, 0.6) is 0 Å². The number of anilines is 1. The SMILES string of the molecule is CCN(CC)c1[nH]c2c(c(=O)[nH]c(=O)n2C)[n+]1Cc1ccccc1. The molecule has 0 aliphatic heterocycles. The molecule has 2 aromatic heterocycles. The first-order chi connectivity index (χ1) is 11.6. The highest BCUT2D eigenvalue weighted by molar-refractivity contribution is 5.67. The Morgan fingerprint density at radius 3 is 2.38 bits per heavy atom. The lowest BCUT2D eigenvalue weighted by Gasteiger charge is -2.14. The lowest BCUT2D eigenvalue weighted by Crippen LogP contribution is -2.44. The highest BCUT2D eigenvalue weighted by Gasteiger charge is 2.26. The van der Waals surface area contributed by atoms with Crippen LogP contribution in [0, 0.1) is 0 Å². The van der Waals surface area contributed by atoms with E-state index in [4.69, 9.17) is 0 Å². The average molecular weight is 328 g/mol. The number of imidazole rings is 1. The number of H-pyrrole nitrogens is 2. The Morgan fingerprint density at radius 1 is 1.08 bits per heavy atom. The second-order valence-electron chi connectivity index (χ2n) is 5.71. The Labute approximate surface area is 139 Å². The number of aromatic amines is 2. The van der Waals surface area contributed by atoms with E-state index in [0.717, 1.165) is 24.6 Å². The van der Waals surface area contributed by atoms with Gasteiger partial charge < -0.3 is 0 Å². The highest BCUT2D eigenvalue weighted by atomic mass is 16.2. The third-order valence-corrected chi connectivity index (χ3v) is 4.30. The van der Waals surface area contributed by atoms with Crippen LogP contribution in [0.2, 0.25) is 0 Å². The fourth-order valence-corrected chi connectivity index (χ4v) is 2.97. The number of aryl methyl sites for hydroxylation is 1. The summed E-state index contributed by atoms with van der Waals surface area (Å²) in [6.07, 6.45) is 0. The van der Waals surface area contributed by atoms with Gasteiger partial charge in [-0.1, -0.05) is 30.3 Å². The van der Waals surface area contributed by atoms with E-state index in [1.807, 2.05) is 34.9 Å². The predicted octanol–water partition coefficient (Wildman–Crippen LogP) is 0.737. The van der Waals surface area contributed by atoms with Crippen LogP contribution in [-0.2, 0) is 13.6 Å². The van der Waals surface area contributed by atoms with Crippen LogP contribution in [0.4, 0.5) is 5.95 Å². The van der Waals surface area contributed by atoms with Gasteiger partial charge in [-0.15, -0.1) is 0 Å². The van der Waals surface area contributed by atoms with Gasteiger partial charge in [-0.2, -0.15) is 0 Å². The van der Waals surface area contributed by atoms with Gasteiger partial charge in [-0.05, 0) is 19.4 Å². The van der Waals surface area contributed by atoms with E-state index < -0.39 is 5.69 Å². The molecule has 0 aliphatic carbocycles. The van der Waals surface area contributed by atoms with Crippen molar-refractivity contribution in [1.82, 2.24) is 14.5 Å². The monoisotopic (exact) mass is 328 g/mol. The molecule has 0 bridgehead atoms. The first kappa shape index (κ1) is 16.0. The van der Waals surface area contributed by atoms with E-state index in [9.17, 15) is 9.59 Å².